The lowest BCUT2D eigenvalue weighted by molar-refractivity contribution is -0.0571. The van der Waals surface area contributed by atoms with E-state index >= 15 is 0 Å². The van der Waals surface area contributed by atoms with Gasteiger partial charge in [0.1, 0.15) is 0 Å². The summed E-state index contributed by atoms with van der Waals surface area (Å²) in [5, 5.41) is 3.38. The predicted octanol–water partition coefficient (Wildman–Crippen LogP) is 1.01. The van der Waals surface area contributed by atoms with Gasteiger partial charge in [0.15, 0.2) is 0 Å². The lowest BCUT2D eigenvalue weighted by Crippen LogP contribution is -2.45. The van der Waals surface area contributed by atoms with Crippen LogP contribution < -0.4 is 5.32 Å². The lowest BCUT2D eigenvalue weighted by atomic mass is 10.1. The Bertz CT molecular complexity index is 263. The molecule has 4 nitrogen and oxygen atoms in total. The zero-order valence-electron chi connectivity index (χ0n) is 11.4. The molecule has 0 aromatic carbocycles. The van der Waals surface area contributed by atoms with Gasteiger partial charge in [-0.1, -0.05) is 6.92 Å². The number of hydrogen-bond donors (Lipinski definition) is 1. The summed E-state index contributed by atoms with van der Waals surface area (Å²) in [4.78, 5) is 2.56. The Morgan fingerprint density at radius 3 is 2.44 bits per heavy atom. The monoisotopic (exact) mass is 254 g/mol. The number of nitrogens with one attached hydrogen (secondary N) is 1. The summed E-state index contributed by atoms with van der Waals surface area (Å²) in [5.41, 5.74) is 0. The highest BCUT2D eigenvalue weighted by molar-refractivity contribution is 4.87. The highest BCUT2D eigenvalue weighted by Gasteiger charge is 2.35. The average molecular weight is 254 g/mol. The van der Waals surface area contributed by atoms with Crippen LogP contribution in [-0.2, 0) is 9.47 Å². The van der Waals surface area contributed by atoms with Gasteiger partial charge in [-0.2, -0.15) is 0 Å². The average Bonchev–Trinajstić information content (AvgIpc) is 2.94. The number of fused-ring (bicyclic) bond motifs is 2. The van der Waals surface area contributed by atoms with Gasteiger partial charge < -0.3 is 14.8 Å². The van der Waals surface area contributed by atoms with Crippen LogP contribution in [0.4, 0.5) is 0 Å². The molecular formula is C14H26N2O2. The first-order chi connectivity index (χ1) is 8.83. The van der Waals surface area contributed by atoms with E-state index in [0.717, 1.165) is 32.7 Å². The van der Waals surface area contributed by atoms with Crippen molar-refractivity contribution in [3.63, 3.8) is 0 Å². The van der Waals surface area contributed by atoms with Crippen molar-refractivity contribution in [2.45, 2.75) is 57.0 Å². The quantitative estimate of drug-likeness (QED) is 0.794. The van der Waals surface area contributed by atoms with Crippen molar-refractivity contribution in [2.24, 2.45) is 0 Å². The first-order valence-corrected chi connectivity index (χ1v) is 7.57. The van der Waals surface area contributed by atoms with E-state index in [1.165, 1.54) is 25.7 Å². The molecule has 0 saturated carbocycles. The summed E-state index contributed by atoms with van der Waals surface area (Å²) in [6.45, 7) is 7.55. The highest BCUT2D eigenvalue weighted by atomic mass is 16.5. The van der Waals surface area contributed by atoms with Crippen LogP contribution in [0.15, 0.2) is 0 Å². The van der Waals surface area contributed by atoms with Crippen molar-refractivity contribution >= 4 is 0 Å². The number of likely N-dealkylation sites (N-methyl/N-ethyl adjacent to an activating group) is 1. The van der Waals surface area contributed by atoms with Crippen molar-refractivity contribution in [1.82, 2.24) is 10.2 Å². The molecule has 0 radical (unpaired) electrons. The number of rotatable bonds is 5. The molecule has 0 spiro atoms. The van der Waals surface area contributed by atoms with E-state index in [1.807, 2.05) is 0 Å². The Morgan fingerprint density at radius 2 is 1.72 bits per heavy atom. The molecule has 1 N–H and O–H groups in total. The molecule has 0 aromatic heterocycles. The second-order valence-electron chi connectivity index (χ2n) is 5.94. The standard InChI is InChI=1S/C14H26N2O2/c1-2-15-7-11-3-4-12(17-11)8-16-9-13-5-6-14(10-16)18-13/h11-15H,2-10H2,1H3. The minimum atomic E-state index is 0.438. The lowest BCUT2D eigenvalue weighted by Gasteiger charge is -2.33. The largest absolute Gasteiger partial charge is 0.372 e. The van der Waals surface area contributed by atoms with Gasteiger partial charge in [0, 0.05) is 26.2 Å². The second-order valence-corrected chi connectivity index (χ2v) is 5.94. The number of hydrogen-bond acceptors (Lipinski definition) is 4. The summed E-state index contributed by atoms with van der Waals surface area (Å²) in [6, 6.07) is 0. The zero-order chi connectivity index (χ0) is 12.4. The number of ether oxygens (including phenoxy) is 2. The molecule has 3 aliphatic heterocycles. The maximum atomic E-state index is 6.11. The number of nitrogens with zero attached hydrogens (tertiary/aromatic N) is 1. The van der Waals surface area contributed by atoms with E-state index in [2.05, 4.69) is 17.1 Å². The third-order valence-electron chi connectivity index (χ3n) is 4.40. The minimum Gasteiger partial charge on any atom is -0.372 e. The van der Waals surface area contributed by atoms with Crippen LogP contribution in [0.1, 0.15) is 32.6 Å². The number of likely N-dealkylation sites (tertiary alicyclic amines) is 1. The van der Waals surface area contributed by atoms with Crippen molar-refractivity contribution < 1.29 is 9.47 Å². The molecule has 3 saturated heterocycles. The number of morpholine rings is 1. The van der Waals surface area contributed by atoms with Gasteiger partial charge in [-0.25, -0.2) is 0 Å². The van der Waals surface area contributed by atoms with Crippen molar-refractivity contribution in [3.8, 4) is 0 Å². The van der Waals surface area contributed by atoms with E-state index in [9.17, 15) is 0 Å². The molecule has 104 valence electrons. The SMILES string of the molecule is CCNCC1CCC(CN2CC3CCC(C2)O3)O1. The molecule has 3 fully saturated rings. The van der Waals surface area contributed by atoms with Gasteiger partial charge in [0.05, 0.1) is 24.4 Å². The molecule has 3 heterocycles. The fraction of sp³-hybridized carbons (Fsp3) is 1.00. The van der Waals surface area contributed by atoms with Crippen LogP contribution in [0.3, 0.4) is 0 Å². The van der Waals surface area contributed by atoms with Crippen molar-refractivity contribution in [1.29, 1.82) is 0 Å². The third kappa shape index (κ3) is 3.05. The second kappa shape index (κ2) is 5.87. The fourth-order valence-corrected chi connectivity index (χ4v) is 3.51. The molecule has 3 rings (SSSR count). The smallest absolute Gasteiger partial charge is 0.0707 e. The molecule has 18 heavy (non-hydrogen) atoms. The Hall–Kier alpha value is -0.160. The van der Waals surface area contributed by atoms with Gasteiger partial charge in [-0.05, 0) is 32.2 Å². The van der Waals surface area contributed by atoms with E-state index < -0.39 is 0 Å². The maximum absolute atomic E-state index is 6.11. The minimum absolute atomic E-state index is 0.438. The molecule has 4 unspecified atom stereocenters. The first kappa shape index (κ1) is 12.9. The van der Waals surface area contributed by atoms with Crippen LogP contribution in [0, 0.1) is 0 Å². The van der Waals surface area contributed by atoms with Gasteiger partial charge in [0.2, 0.25) is 0 Å². The topological polar surface area (TPSA) is 33.7 Å². The molecule has 0 aromatic rings. The van der Waals surface area contributed by atoms with Crippen molar-refractivity contribution in [3.05, 3.63) is 0 Å². The molecule has 4 heteroatoms. The molecule has 2 bridgehead atoms. The fourth-order valence-electron chi connectivity index (χ4n) is 3.51. The van der Waals surface area contributed by atoms with Crippen LogP contribution in [0.2, 0.25) is 0 Å². The highest BCUT2D eigenvalue weighted by Crippen LogP contribution is 2.28. The van der Waals surface area contributed by atoms with Gasteiger partial charge in [-0.3, -0.25) is 4.90 Å². The van der Waals surface area contributed by atoms with Gasteiger partial charge in [0.25, 0.3) is 0 Å². The van der Waals surface area contributed by atoms with E-state index in [4.69, 9.17) is 9.47 Å². The summed E-state index contributed by atoms with van der Waals surface area (Å²) in [7, 11) is 0. The summed E-state index contributed by atoms with van der Waals surface area (Å²) in [5.74, 6) is 0. The zero-order valence-corrected chi connectivity index (χ0v) is 11.4. The van der Waals surface area contributed by atoms with Gasteiger partial charge >= 0.3 is 0 Å². The first-order valence-electron chi connectivity index (χ1n) is 7.57. The Kier molecular flexibility index (Phi) is 4.19. The maximum Gasteiger partial charge on any atom is 0.0707 e. The third-order valence-corrected chi connectivity index (χ3v) is 4.40. The predicted molar refractivity (Wildman–Crippen MR) is 70.8 cm³/mol. The van der Waals surface area contributed by atoms with Crippen LogP contribution in [0.5, 0.6) is 0 Å². The van der Waals surface area contributed by atoms with E-state index in [0.29, 0.717) is 24.4 Å². The Balaban J connectivity index is 1.41. The molecule has 0 amide bonds. The van der Waals surface area contributed by atoms with Crippen LogP contribution >= 0.6 is 0 Å². The molecule has 3 aliphatic rings. The van der Waals surface area contributed by atoms with E-state index in [1.54, 1.807) is 0 Å². The van der Waals surface area contributed by atoms with Gasteiger partial charge in [-0.15, -0.1) is 0 Å². The van der Waals surface area contributed by atoms with Crippen LogP contribution in [0.25, 0.3) is 0 Å². The van der Waals surface area contributed by atoms with Crippen molar-refractivity contribution in [2.75, 3.05) is 32.7 Å². The molecule has 4 atom stereocenters. The molecule has 0 aliphatic carbocycles. The normalized spacial score (nSPS) is 40.5. The van der Waals surface area contributed by atoms with E-state index in [-0.39, 0.29) is 0 Å². The Labute approximate surface area is 110 Å². The summed E-state index contributed by atoms with van der Waals surface area (Å²) < 4.78 is 12.0. The Morgan fingerprint density at radius 1 is 1.00 bits per heavy atom. The summed E-state index contributed by atoms with van der Waals surface area (Å²) >= 11 is 0. The van der Waals surface area contributed by atoms with Crippen LogP contribution in [-0.4, -0.2) is 62.0 Å². The molecular weight excluding hydrogens is 228 g/mol. The summed E-state index contributed by atoms with van der Waals surface area (Å²) in [6.07, 6.45) is 6.85.